The summed E-state index contributed by atoms with van der Waals surface area (Å²) >= 11 is 6.56. The van der Waals surface area contributed by atoms with Crippen LogP contribution in [-0.4, -0.2) is 73.4 Å². The van der Waals surface area contributed by atoms with Gasteiger partial charge < -0.3 is 33.2 Å². The van der Waals surface area contributed by atoms with Crippen LogP contribution in [0.1, 0.15) is 71.3 Å². The Morgan fingerprint density at radius 2 is 1.17 bits per heavy atom. The lowest BCUT2D eigenvalue weighted by Gasteiger charge is -2.38. The van der Waals surface area contributed by atoms with E-state index < -0.39 is 72.9 Å². The zero-order chi connectivity index (χ0) is 35.3. The first kappa shape index (κ1) is 38.5. The lowest BCUT2D eigenvalue weighted by atomic mass is 9.92. The van der Waals surface area contributed by atoms with Crippen LogP contribution < -0.4 is 4.74 Å². The number of carbonyl (C=O) groups excluding carboxylic acids is 6. The first-order valence-electron chi connectivity index (χ1n) is 14.6. The molecule has 256 valence electrons. The number of hydrogen-bond donors (Lipinski definition) is 0. The second-order valence-corrected chi connectivity index (χ2v) is 10.7. The van der Waals surface area contributed by atoms with Crippen LogP contribution in [0.2, 0.25) is 5.02 Å². The van der Waals surface area contributed by atoms with Crippen molar-refractivity contribution in [3.8, 4) is 5.75 Å². The fourth-order valence-electron chi connectivity index (χ4n) is 4.66. The molecule has 0 amide bonds. The van der Waals surface area contributed by atoms with Gasteiger partial charge in [-0.3, -0.25) is 28.8 Å². The van der Waals surface area contributed by atoms with Gasteiger partial charge in [0.25, 0.3) is 0 Å². The monoisotopic (exact) mass is 678 g/mol. The molecule has 0 saturated carbocycles. The number of benzene rings is 2. The molecule has 2 rings (SSSR count). The minimum atomic E-state index is -1.77. The molecule has 2 aromatic rings. The SMILES string of the molecule is CCOc1ccc(Cc2cc(C(OC(C)=O)[C@H](OC(C)=O)[C@@H](OC(C)=O)[C@H](OC(C)=O)[C@H](COC(C)=O)OC(C)=O)ccc2Cl)cc1. The predicted molar refractivity (Wildman–Crippen MR) is 165 cm³/mol. The molecule has 0 fully saturated rings. The molecule has 47 heavy (non-hydrogen) atoms. The molecule has 2 aromatic carbocycles. The summed E-state index contributed by atoms with van der Waals surface area (Å²) < 4.78 is 38.2. The molecule has 14 heteroatoms. The Labute approximate surface area is 277 Å². The van der Waals surface area contributed by atoms with Gasteiger partial charge >= 0.3 is 35.8 Å². The highest BCUT2D eigenvalue weighted by Gasteiger charge is 2.48. The van der Waals surface area contributed by atoms with E-state index in [1.165, 1.54) is 6.07 Å². The minimum Gasteiger partial charge on any atom is -0.494 e. The number of esters is 6. The molecule has 0 aromatic heterocycles. The molecule has 0 bridgehead atoms. The van der Waals surface area contributed by atoms with E-state index in [9.17, 15) is 28.8 Å². The Hall–Kier alpha value is -4.65. The summed E-state index contributed by atoms with van der Waals surface area (Å²) in [5.41, 5.74) is 1.73. The molecule has 0 radical (unpaired) electrons. The quantitative estimate of drug-likeness (QED) is 0.183. The van der Waals surface area contributed by atoms with Crippen LogP contribution in [0.15, 0.2) is 42.5 Å². The first-order chi connectivity index (χ1) is 22.1. The number of carbonyl (C=O) groups is 6. The first-order valence-corrected chi connectivity index (χ1v) is 15.0. The van der Waals surface area contributed by atoms with Gasteiger partial charge in [-0.15, -0.1) is 0 Å². The van der Waals surface area contributed by atoms with E-state index in [-0.39, 0.29) is 5.56 Å². The summed E-state index contributed by atoms with van der Waals surface area (Å²) in [6.07, 6.45) is -7.89. The van der Waals surface area contributed by atoms with Crippen LogP contribution in [0.3, 0.4) is 0 Å². The van der Waals surface area contributed by atoms with Gasteiger partial charge in [0.15, 0.2) is 30.5 Å². The summed E-state index contributed by atoms with van der Waals surface area (Å²) in [4.78, 5) is 73.5. The van der Waals surface area contributed by atoms with Gasteiger partial charge in [-0.25, -0.2) is 0 Å². The normalized spacial score (nSPS) is 13.9. The van der Waals surface area contributed by atoms with Crippen LogP contribution in [0, 0.1) is 0 Å². The van der Waals surface area contributed by atoms with Crippen LogP contribution in [0.5, 0.6) is 5.75 Å². The second-order valence-electron chi connectivity index (χ2n) is 10.3. The number of halogens is 1. The summed E-state index contributed by atoms with van der Waals surface area (Å²) in [7, 11) is 0. The number of ether oxygens (including phenoxy) is 7. The van der Waals surface area contributed by atoms with Crippen LogP contribution in [-0.2, 0) is 63.6 Å². The molecular formula is C33H39ClO13. The van der Waals surface area contributed by atoms with E-state index in [0.29, 0.717) is 29.4 Å². The number of hydrogen-bond acceptors (Lipinski definition) is 13. The summed E-state index contributed by atoms with van der Waals surface area (Å²) in [6, 6.07) is 12.0. The van der Waals surface area contributed by atoms with Crippen molar-refractivity contribution in [3.05, 3.63) is 64.2 Å². The van der Waals surface area contributed by atoms with E-state index in [2.05, 4.69) is 0 Å². The van der Waals surface area contributed by atoms with Gasteiger partial charge in [-0.2, -0.15) is 0 Å². The summed E-state index contributed by atoms with van der Waals surface area (Å²) in [5, 5.41) is 0.374. The van der Waals surface area contributed by atoms with Crippen molar-refractivity contribution in [2.24, 2.45) is 0 Å². The number of rotatable bonds is 16. The van der Waals surface area contributed by atoms with Crippen molar-refractivity contribution >= 4 is 47.4 Å². The second kappa shape index (κ2) is 18.5. The zero-order valence-electron chi connectivity index (χ0n) is 27.2. The van der Waals surface area contributed by atoms with Gasteiger partial charge in [0.1, 0.15) is 12.4 Å². The lowest BCUT2D eigenvalue weighted by molar-refractivity contribution is -0.214. The molecule has 0 N–H and O–H groups in total. The van der Waals surface area contributed by atoms with Crippen molar-refractivity contribution in [1.29, 1.82) is 0 Å². The molecule has 0 aliphatic carbocycles. The predicted octanol–water partition coefficient (Wildman–Crippen LogP) is 4.22. The van der Waals surface area contributed by atoms with Crippen molar-refractivity contribution in [1.82, 2.24) is 0 Å². The minimum absolute atomic E-state index is 0.263. The van der Waals surface area contributed by atoms with Gasteiger partial charge in [0, 0.05) is 46.6 Å². The molecule has 0 aliphatic heterocycles. The highest BCUT2D eigenvalue weighted by atomic mass is 35.5. The van der Waals surface area contributed by atoms with Crippen molar-refractivity contribution < 1.29 is 61.9 Å². The van der Waals surface area contributed by atoms with Crippen molar-refractivity contribution in [2.45, 2.75) is 85.4 Å². The lowest BCUT2D eigenvalue weighted by Crippen LogP contribution is -2.54. The standard InChI is InChI=1S/C33H39ClO13/c1-8-41-27-12-9-24(10-13-27)15-26-16-25(11-14-28(26)34)30(44-20(4)37)32(46-22(6)39)33(47-23(7)40)31(45-21(5)38)29(43-19(3)36)17-42-18(2)35/h9-14,16,29-33H,8,15,17H2,1-7H3/t29-,30?,31+,32-,33-/m0/s1. The maximum absolute atomic E-state index is 12.5. The Morgan fingerprint density at radius 3 is 1.68 bits per heavy atom. The van der Waals surface area contributed by atoms with E-state index >= 15 is 0 Å². The third kappa shape index (κ3) is 12.9. The summed E-state index contributed by atoms with van der Waals surface area (Å²) in [6.45, 7) is 8.13. The highest BCUT2D eigenvalue weighted by molar-refractivity contribution is 6.31. The van der Waals surface area contributed by atoms with Gasteiger partial charge in [-0.1, -0.05) is 35.9 Å². The molecule has 0 aliphatic rings. The Bertz CT molecular complexity index is 1420. The topological polar surface area (TPSA) is 167 Å². The Balaban J connectivity index is 2.75. The Morgan fingerprint density at radius 1 is 0.638 bits per heavy atom. The molecule has 0 spiro atoms. The maximum atomic E-state index is 12.5. The molecule has 13 nitrogen and oxygen atoms in total. The fraction of sp³-hybridized carbons (Fsp3) is 0.455. The molecule has 0 heterocycles. The zero-order valence-corrected chi connectivity index (χ0v) is 28.0. The summed E-state index contributed by atoms with van der Waals surface area (Å²) in [5.74, 6) is -4.47. The third-order valence-electron chi connectivity index (χ3n) is 6.31. The van der Waals surface area contributed by atoms with Crippen molar-refractivity contribution in [3.63, 3.8) is 0 Å². The molecular weight excluding hydrogens is 640 g/mol. The maximum Gasteiger partial charge on any atom is 0.303 e. The van der Waals surface area contributed by atoms with Crippen LogP contribution in [0.25, 0.3) is 0 Å². The van der Waals surface area contributed by atoms with E-state index in [0.717, 1.165) is 47.1 Å². The van der Waals surface area contributed by atoms with Gasteiger partial charge in [0.2, 0.25) is 0 Å². The average Bonchev–Trinajstić information content (AvgIpc) is 2.96. The van der Waals surface area contributed by atoms with E-state index in [4.69, 9.17) is 44.8 Å². The largest absolute Gasteiger partial charge is 0.494 e. The van der Waals surface area contributed by atoms with E-state index in [1.54, 1.807) is 12.1 Å². The third-order valence-corrected chi connectivity index (χ3v) is 6.68. The van der Waals surface area contributed by atoms with Gasteiger partial charge in [-0.05, 0) is 48.2 Å². The fourth-order valence-corrected chi connectivity index (χ4v) is 4.85. The van der Waals surface area contributed by atoms with Crippen LogP contribution in [0.4, 0.5) is 0 Å². The van der Waals surface area contributed by atoms with E-state index in [1.807, 2.05) is 31.2 Å². The average molecular weight is 679 g/mol. The van der Waals surface area contributed by atoms with Gasteiger partial charge in [0.05, 0.1) is 6.61 Å². The molecule has 0 saturated heterocycles. The Kier molecular flexibility index (Phi) is 15.2. The van der Waals surface area contributed by atoms with Crippen molar-refractivity contribution in [2.75, 3.05) is 13.2 Å². The molecule has 5 atom stereocenters. The highest BCUT2D eigenvalue weighted by Crippen LogP contribution is 2.34. The molecule has 1 unspecified atom stereocenters. The van der Waals surface area contributed by atoms with Crippen LogP contribution >= 0.6 is 11.6 Å². The smallest absolute Gasteiger partial charge is 0.303 e.